The van der Waals surface area contributed by atoms with Crippen LogP contribution in [0.3, 0.4) is 0 Å². The molecule has 5 nitrogen and oxygen atoms in total. The number of nitrogens with zero attached hydrogens (tertiary/aromatic N) is 2. The lowest BCUT2D eigenvalue weighted by Gasteiger charge is -2.32. The number of fused-ring (bicyclic) bond motifs is 1. The third kappa shape index (κ3) is 4.40. The SMILES string of the molecule is CC(=O)N1C=Cc2ccccc2[C@@H]1CC(=O)Nc1ccc(N2CCC(C)CC2)cc1. The van der Waals surface area contributed by atoms with E-state index in [0.29, 0.717) is 0 Å². The maximum Gasteiger partial charge on any atom is 0.226 e. The number of carbonyl (C=O) groups is 2. The largest absolute Gasteiger partial charge is 0.372 e. The average Bonchev–Trinajstić information content (AvgIpc) is 2.75. The molecule has 2 aromatic carbocycles. The van der Waals surface area contributed by atoms with E-state index in [2.05, 4.69) is 29.3 Å². The van der Waals surface area contributed by atoms with Crippen LogP contribution in [-0.4, -0.2) is 29.8 Å². The van der Waals surface area contributed by atoms with E-state index >= 15 is 0 Å². The molecular weight excluding hydrogens is 374 g/mol. The maximum absolute atomic E-state index is 12.8. The van der Waals surface area contributed by atoms with E-state index in [1.807, 2.05) is 42.5 Å². The molecule has 2 aromatic rings. The Morgan fingerprint density at radius 2 is 1.73 bits per heavy atom. The number of rotatable bonds is 4. The Morgan fingerprint density at radius 1 is 1.03 bits per heavy atom. The molecule has 0 aliphatic carbocycles. The minimum atomic E-state index is -0.293. The number of benzene rings is 2. The van der Waals surface area contributed by atoms with E-state index in [1.54, 1.807) is 11.1 Å². The Morgan fingerprint density at radius 3 is 2.43 bits per heavy atom. The minimum Gasteiger partial charge on any atom is -0.372 e. The van der Waals surface area contributed by atoms with Crippen molar-refractivity contribution in [3.05, 3.63) is 65.9 Å². The first kappa shape index (κ1) is 20.2. The molecule has 2 heterocycles. The van der Waals surface area contributed by atoms with Crippen LogP contribution in [0.5, 0.6) is 0 Å². The fourth-order valence-corrected chi connectivity index (χ4v) is 4.32. The van der Waals surface area contributed by atoms with E-state index in [0.717, 1.165) is 35.8 Å². The van der Waals surface area contributed by atoms with Crippen molar-refractivity contribution in [1.82, 2.24) is 4.90 Å². The highest BCUT2D eigenvalue weighted by Gasteiger charge is 2.28. The summed E-state index contributed by atoms with van der Waals surface area (Å²) < 4.78 is 0. The zero-order valence-corrected chi connectivity index (χ0v) is 17.7. The van der Waals surface area contributed by atoms with Gasteiger partial charge in [0.25, 0.3) is 0 Å². The molecule has 0 radical (unpaired) electrons. The normalized spacial score (nSPS) is 18.8. The van der Waals surface area contributed by atoms with Gasteiger partial charge in [-0.05, 0) is 60.2 Å². The first-order valence-electron chi connectivity index (χ1n) is 10.7. The second-order valence-corrected chi connectivity index (χ2v) is 8.36. The number of hydrogen-bond donors (Lipinski definition) is 1. The molecule has 2 aliphatic rings. The number of nitrogens with one attached hydrogen (secondary N) is 1. The highest BCUT2D eigenvalue weighted by molar-refractivity contribution is 5.92. The second-order valence-electron chi connectivity index (χ2n) is 8.36. The van der Waals surface area contributed by atoms with Crippen LogP contribution in [0.1, 0.15) is 50.3 Å². The van der Waals surface area contributed by atoms with Crippen LogP contribution in [0.15, 0.2) is 54.7 Å². The molecule has 0 saturated carbocycles. The predicted octanol–water partition coefficient (Wildman–Crippen LogP) is 4.83. The lowest BCUT2D eigenvalue weighted by Crippen LogP contribution is -2.33. The van der Waals surface area contributed by atoms with Crippen LogP contribution in [0.25, 0.3) is 6.08 Å². The predicted molar refractivity (Wildman–Crippen MR) is 121 cm³/mol. The van der Waals surface area contributed by atoms with Gasteiger partial charge in [0.05, 0.1) is 12.5 Å². The Labute approximate surface area is 178 Å². The molecule has 5 heteroatoms. The topological polar surface area (TPSA) is 52.7 Å². The Bertz CT molecular complexity index is 943. The molecule has 4 rings (SSSR count). The van der Waals surface area contributed by atoms with E-state index in [-0.39, 0.29) is 24.3 Å². The fraction of sp³-hybridized carbons (Fsp3) is 0.360. The van der Waals surface area contributed by atoms with E-state index in [9.17, 15) is 9.59 Å². The van der Waals surface area contributed by atoms with Crippen molar-refractivity contribution in [3.8, 4) is 0 Å². The Balaban J connectivity index is 1.42. The zero-order chi connectivity index (χ0) is 21.1. The number of amides is 2. The van der Waals surface area contributed by atoms with Crippen molar-refractivity contribution in [2.75, 3.05) is 23.3 Å². The van der Waals surface area contributed by atoms with Gasteiger partial charge in [-0.25, -0.2) is 0 Å². The minimum absolute atomic E-state index is 0.0706. The zero-order valence-electron chi connectivity index (χ0n) is 17.7. The molecular formula is C25H29N3O2. The highest BCUT2D eigenvalue weighted by atomic mass is 16.2. The van der Waals surface area contributed by atoms with E-state index < -0.39 is 0 Å². The van der Waals surface area contributed by atoms with Gasteiger partial charge in [-0.2, -0.15) is 0 Å². The smallest absolute Gasteiger partial charge is 0.226 e. The molecule has 1 fully saturated rings. The standard InChI is InChI=1S/C25H29N3O2/c1-18-11-14-27(15-12-18)22-9-7-21(8-10-22)26-25(30)17-24-23-6-4-3-5-20(23)13-16-28(24)19(2)29/h3-10,13,16,18,24H,11-12,14-15,17H2,1-2H3,(H,26,30)/t24-/m0/s1. The van der Waals surface area contributed by atoms with Crippen molar-refractivity contribution in [1.29, 1.82) is 0 Å². The summed E-state index contributed by atoms with van der Waals surface area (Å²) in [5, 5.41) is 3.00. The average molecular weight is 404 g/mol. The quantitative estimate of drug-likeness (QED) is 0.796. The van der Waals surface area contributed by atoms with Crippen molar-refractivity contribution >= 4 is 29.3 Å². The highest BCUT2D eigenvalue weighted by Crippen LogP contribution is 2.33. The summed E-state index contributed by atoms with van der Waals surface area (Å²) in [6.07, 6.45) is 6.36. The summed E-state index contributed by atoms with van der Waals surface area (Å²) in [6, 6.07) is 15.7. The second kappa shape index (κ2) is 8.74. The number of carbonyl (C=O) groups excluding carboxylic acids is 2. The molecule has 0 spiro atoms. The molecule has 0 unspecified atom stereocenters. The number of anilines is 2. The van der Waals surface area contributed by atoms with Gasteiger partial charge < -0.3 is 15.1 Å². The molecule has 0 bridgehead atoms. The fourth-order valence-electron chi connectivity index (χ4n) is 4.32. The third-order valence-electron chi connectivity index (χ3n) is 6.15. The molecule has 0 aromatic heterocycles. The van der Waals surface area contributed by atoms with Crippen LogP contribution in [-0.2, 0) is 9.59 Å². The monoisotopic (exact) mass is 403 g/mol. The Kier molecular flexibility index (Phi) is 5.88. The molecule has 30 heavy (non-hydrogen) atoms. The van der Waals surface area contributed by atoms with E-state index in [1.165, 1.54) is 25.5 Å². The number of piperidine rings is 1. The molecule has 1 N–H and O–H groups in total. The summed E-state index contributed by atoms with van der Waals surface area (Å²) >= 11 is 0. The maximum atomic E-state index is 12.8. The first-order valence-corrected chi connectivity index (χ1v) is 10.7. The van der Waals surface area contributed by atoms with Crippen LogP contribution < -0.4 is 10.2 Å². The Hall–Kier alpha value is -3.08. The number of hydrogen-bond acceptors (Lipinski definition) is 3. The van der Waals surface area contributed by atoms with E-state index in [4.69, 9.17) is 0 Å². The molecule has 1 saturated heterocycles. The van der Waals surface area contributed by atoms with Crippen LogP contribution in [0.4, 0.5) is 11.4 Å². The van der Waals surface area contributed by atoms with Gasteiger partial charge in [0, 0.05) is 37.6 Å². The van der Waals surface area contributed by atoms with Gasteiger partial charge >= 0.3 is 0 Å². The summed E-state index contributed by atoms with van der Waals surface area (Å²) in [4.78, 5) is 28.9. The molecule has 156 valence electrons. The summed E-state index contributed by atoms with van der Waals surface area (Å²) in [5.41, 5.74) is 4.03. The molecule has 2 aliphatic heterocycles. The van der Waals surface area contributed by atoms with Crippen LogP contribution >= 0.6 is 0 Å². The molecule has 2 amide bonds. The van der Waals surface area contributed by atoms with Gasteiger partial charge in [0.2, 0.25) is 11.8 Å². The van der Waals surface area contributed by atoms with Crippen molar-refractivity contribution in [2.45, 2.75) is 39.2 Å². The van der Waals surface area contributed by atoms with Gasteiger partial charge in [0.1, 0.15) is 0 Å². The van der Waals surface area contributed by atoms with Crippen LogP contribution in [0, 0.1) is 5.92 Å². The van der Waals surface area contributed by atoms with Crippen molar-refractivity contribution < 1.29 is 9.59 Å². The van der Waals surface area contributed by atoms with Crippen molar-refractivity contribution in [3.63, 3.8) is 0 Å². The van der Waals surface area contributed by atoms with Crippen molar-refractivity contribution in [2.24, 2.45) is 5.92 Å². The summed E-state index contributed by atoms with van der Waals surface area (Å²) in [7, 11) is 0. The van der Waals surface area contributed by atoms with Gasteiger partial charge in [-0.15, -0.1) is 0 Å². The van der Waals surface area contributed by atoms with Gasteiger partial charge in [-0.3, -0.25) is 9.59 Å². The third-order valence-corrected chi connectivity index (χ3v) is 6.15. The lowest BCUT2D eigenvalue weighted by atomic mass is 9.93. The summed E-state index contributed by atoms with van der Waals surface area (Å²) in [5.74, 6) is 0.629. The van der Waals surface area contributed by atoms with Crippen LogP contribution in [0.2, 0.25) is 0 Å². The lowest BCUT2D eigenvalue weighted by molar-refractivity contribution is -0.129. The first-order chi connectivity index (χ1) is 14.5. The summed E-state index contributed by atoms with van der Waals surface area (Å²) in [6.45, 7) is 6.01. The van der Waals surface area contributed by atoms with Gasteiger partial charge in [0.15, 0.2) is 0 Å². The molecule has 1 atom stereocenters. The van der Waals surface area contributed by atoms with Gasteiger partial charge in [-0.1, -0.05) is 31.2 Å².